The SMILES string of the molecule is Cc1ncc([N+](=O)[O-])n1CCN1C(=O)CC(c2ccccc2)C1=O. The number of rotatable bonds is 5. The number of hydrogen-bond acceptors (Lipinski definition) is 5. The van der Waals surface area contributed by atoms with E-state index in [1.54, 1.807) is 6.92 Å². The normalized spacial score (nSPS) is 17.5. The summed E-state index contributed by atoms with van der Waals surface area (Å²) in [5.41, 5.74) is 0.808. The van der Waals surface area contributed by atoms with E-state index in [-0.39, 0.29) is 37.1 Å². The number of carbonyl (C=O) groups excluding carboxylic acids is 2. The van der Waals surface area contributed by atoms with E-state index in [0.717, 1.165) is 5.56 Å². The van der Waals surface area contributed by atoms with Gasteiger partial charge in [0.15, 0.2) is 5.82 Å². The molecule has 1 aliphatic heterocycles. The molecule has 2 amide bonds. The fourth-order valence-electron chi connectivity index (χ4n) is 2.94. The van der Waals surface area contributed by atoms with Gasteiger partial charge in [-0.3, -0.25) is 14.5 Å². The highest BCUT2D eigenvalue weighted by Gasteiger charge is 2.39. The molecule has 8 heteroatoms. The minimum Gasteiger partial charge on any atom is -0.358 e. The van der Waals surface area contributed by atoms with Gasteiger partial charge in [0, 0.05) is 13.3 Å². The first-order valence-electron chi connectivity index (χ1n) is 7.54. The quantitative estimate of drug-likeness (QED) is 0.472. The first kappa shape index (κ1) is 15.9. The molecule has 1 fully saturated rings. The summed E-state index contributed by atoms with van der Waals surface area (Å²) in [7, 11) is 0. The molecule has 124 valence electrons. The summed E-state index contributed by atoms with van der Waals surface area (Å²) in [6.07, 6.45) is 1.31. The molecule has 0 bridgehead atoms. The number of imide groups is 1. The Bertz CT molecular complexity index is 800. The second-order valence-corrected chi connectivity index (χ2v) is 5.62. The van der Waals surface area contributed by atoms with E-state index in [2.05, 4.69) is 4.98 Å². The van der Waals surface area contributed by atoms with Crippen molar-refractivity contribution in [2.45, 2.75) is 25.8 Å². The third kappa shape index (κ3) is 2.78. The van der Waals surface area contributed by atoms with Crippen LogP contribution in [0.2, 0.25) is 0 Å². The van der Waals surface area contributed by atoms with E-state index < -0.39 is 10.8 Å². The van der Waals surface area contributed by atoms with Crippen LogP contribution in [0.25, 0.3) is 0 Å². The number of benzene rings is 1. The fraction of sp³-hybridized carbons (Fsp3) is 0.312. The van der Waals surface area contributed by atoms with Crippen LogP contribution in [0.15, 0.2) is 36.5 Å². The Morgan fingerprint density at radius 1 is 1.25 bits per heavy atom. The molecule has 0 aliphatic carbocycles. The number of nitro groups is 1. The molecule has 0 radical (unpaired) electrons. The van der Waals surface area contributed by atoms with Crippen molar-refractivity contribution in [2.75, 3.05) is 6.54 Å². The molecular formula is C16H16N4O4. The highest BCUT2D eigenvalue weighted by molar-refractivity contribution is 6.06. The van der Waals surface area contributed by atoms with Crippen LogP contribution in [-0.4, -0.2) is 37.7 Å². The van der Waals surface area contributed by atoms with Crippen molar-refractivity contribution in [3.8, 4) is 0 Å². The van der Waals surface area contributed by atoms with Gasteiger partial charge >= 0.3 is 5.82 Å². The molecule has 8 nitrogen and oxygen atoms in total. The smallest absolute Gasteiger partial charge is 0.342 e. The van der Waals surface area contributed by atoms with Crippen LogP contribution in [0.5, 0.6) is 0 Å². The summed E-state index contributed by atoms with van der Waals surface area (Å²) in [5, 5.41) is 11.0. The first-order valence-corrected chi connectivity index (χ1v) is 7.54. The van der Waals surface area contributed by atoms with Crippen molar-refractivity contribution in [3.63, 3.8) is 0 Å². The van der Waals surface area contributed by atoms with Gasteiger partial charge in [0.2, 0.25) is 11.8 Å². The van der Waals surface area contributed by atoms with Gasteiger partial charge in [-0.15, -0.1) is 0 Å². The molecule has 24 heavy (non-hydrogen) atoms. The molecule has 1 aromatic carbocycles. The molecule has 1 saturated heterocycles. The molecule has 1 aromatic heterocycles. The Hall–Kier alpha value is -3.03. The maximum Gasteiger partial charge on any atom is 0.342 e. The number of aromatic nitrogens is 2. The third-order valence-electron chi connectivity index (χ3n) is 4.21. The molecule has 2 heterocycles. The second-order valence-electron chi connectivity index (χ2n) is 5.62. The molecule has 0 saturated carbocycles. The summed E-state index contributed by atoms with van der Waals surface area (Å²) in [6, 6.07) is 9.15. The van der Waals surface area contributed by atoms with Gasteiger partial charge in [-0.05, 0) is 10.5 Å². The maximum atomic E-state index is 12.5. The lowest BCUT2D eigenvalue weighted by molar-refractivity contribution is -0.392. The van der Waals surface area contributed by atoms with Crippen molar-refractivity contribution >= 4 is 17.6 Å². The van der Waals surface area contributed by atoms with Crippen LogP contribution in [0.4, 0.5) is 5.82 Å². The number of hydrogen-bond donors (Lipinski definition) is 0. The van der Waals surface area contributed by atoms with Gasteiger partial charge in [0.25, 0.3) is 0 Å². The molecule has 2 aromatic rings. The van der Waals surface area contributed by atoms with Crippen molar-refractivity contribution in [2.24, 2.45) is 0 Å². The van der Waals surface area contributed by atoms with Gasteiger partial charge in [0.05, 0.1) is 12.5 Å². The first-order chi connectivity index (χ1) is 11.5. The topological polar surface area (TPSA) is 98.3 Å². The van der Waals surface area contributed by atoms with Crippen LogP contribution >= 0.6 is 0 Å². The minimum absolute atomic E-state index is 0.0963. The Kier molecular flexibility index (Phi) is 4.11. The van der Waals surface area contributed by atoms with Crippen molar-refractivity contribution < 1.29 is 14.5 Å². The van der Waals surface area contributed by atoms with Crippen LogP contribution in [0.3, 0.4) is 0 Å². The van der Waals surface area contributed by atoms with E-state index in [0.29, 0.717) is 5.82 Å². The molecule has 1 atom stereocenters. The summed E-state index contributed by atoms with van der Waals surface area (Å²) < 4.78 is 1.40. The van der Waals surface area contributed by atoms with E-state index in [4.69, 9.17) is 0 Å². The number of imidazole rings is 1. The van der Waals surface area contributed by atoms with Crippen molar-refractivity contribution in [1.29, 1.82) is 0 Å². The Labute approximate surface area is 137 Å². The van der Waals surface area contributed by atoms with Crippen LogP contribution < -0.4 is 0 Å². The summed E-state index contributed by atoms with van der Waals surface area (Å²) in [6.45, 7) is 1.90. The molecular weight excluding hydrogens is 312 g/mol. The van der Waals surface area contributed by atoms with E-state index >= 15 is 0 Å². The lowest BCUT2D eigenvalue weighted by Crippen LogP contribution is -2.33. The van der Waals surface area contributed by atoms with Gasteiger partial charge in [0.1, 0.15) is 12.7 Å². The van der Waals surface area contributed by atoms with Crippen LogP contribution in [-0.2, 0) is 16.1 Å². The number of carbonyl (C=O) groups is 2. The van der Waals surface area contributed by atoms with E-state index in [9.17, 15) is 19.7 Å². The number of likely N-dealkylation sites (tertiary alicyclic amines) is 1. The highest BCUT2D eigenvalue weighted by atomic mass is 16.6. The van der Waals surface area contributed by atoms with Gasteiger partial charge in [-0.1, -0.05) is 30.3 Å². The minimum atomic E-state index is -0.527. The Morgan fingerprint density at radius 2 is 1.96 bits per heavy atom. The zero-order valence-corrected chi connectivity index (χ0v) is 13.1. The zero-order chi connectivity index (χ0) is 17.3. The zero-order valence-electron chi connectivity index (χ0n) is 13.1. The highest BCUT2D eigenvalue weighted by Crippen LogP contribution is 2.29. The Morgan fingerprint density at radius 3 is 2.62 bits per heavy atom. The van der Waals surface area contributed by atoms with E-state index in [1.807, 2.05) is 30.3 Å². The largest absolute Gasteiger partial charge is 0.358 e. The lowest BCUT2D eigenvalue weighted by Gasteiger charge is -2.14. The van der Waals surface area contributed by atoms with Gasteiger partial charge < -0.3 is 10.1 Å². The molecule has 1 unspecified atom stereocenters. The van der Waals surface area contributed by atoms with E-state index in [1.165, 1.54) is 15.7 Å². The van der Waals surface area contributed by atoms with Gasteiger partial charge in [-0.25, -0.2) is 9.55 Å². The molecule has 1 aliphatic rings. The standard InChI is InChI=1S/C16H16N4O4/c1-11-17-10-14(20(23)24)18(11)7-8-19-15(21)9-13(16(19)22)12-5-3-2-4-6-12/h2-6,10,13H,7-9H2,1H3. The van der Waals surface area contributed by atoms with Crippen molar-refractivity contribution in [1.82, 2.24) is 14.5 Å². The summed E-state index contributed by atoms with van der Waals surface area (Å²) in [4.78, 5) is 40.3. The third-order valence-corrected chi connectivity index (χ3v) is 4.21. The summed E-state index contributed by atoms with van der Waals surface area (Å²) in [5.74, 6) is -0.662. The second kappa shape index (κ2) is 6.23. The number of amides is 2. The molecule has 0 spiro atoms. The van der Waals surface area contributed by atoms with Crippen molar-refractivity contribution in [3.05, 3.63) is 58.0 Å². The maximum absolute atomic E-state index is 12.5. The summed E-state index contributed by atoms with van der Waals surface area (Å²) >= 11 is 0. The lowest BCUT2D eigenvalue weighted by atomic mass is 9.98. The molecule has 0 N–H and O–H groups in total. The van der Waals surface area contributed by atoms with Crippen LogP contribution in [0.1, 0.15) is 23.7 Å². The number of aryl methyl sites for hydroxylation is 1. The monoisotopic (exact) mass is 328 g/mol. The van der Waals surface area contributed by atoms with Gasteiger partial charge in [-0.2, -0.15) is 0 Å². The average molecular weight is 328 g/mol. The predicted octanol–water partition coefficient (Wildman–Crippen LogP) is 1.64. The Balaban J connectivity index is 1.75. The average Bonchev–Trinajstić information content (AvgIpc) is 3.07. The predicted molar refractivity (Wildman–Crippen MR) is 84.1 cm³/mol. The fourth-order valence-corrected chi connectivity index (χ4v) is 2.94. The number of nitrogens with zero attached hydrogens (tertiary/aromatic N) is 4. The molecule has 3 rings (SSSR count). The van der Waals surface area contributed by atoms with Crippen LogP contribution in [0, 0.1) is 17.0 Å².